The molecule has 0 bridgehead atoms. The number of nitrogens with one attached hydrogen (secondary N) is 1. The molecule has 1 aromatic carbocycles. The SMILES string of the molecule is CN=Cc1ccc(NC(=O)CS)c(Cl)c1. The summed E-state index contributed by atoms with van der Waals surface area (Å²) in [5.74, 6) is -0.0498. The van der Waals surface area contributed by atoms with Gasteiger partial charge in [0.05, 0.1) is 16.5 Å². The maximum atomic E-state index is 11.1. The summed E-state index contributed by atoms with van der Waals surface area (Å²) in [6, 6.07) is 5.30. The predicted octanol–water partition coefficient (Wildman–Crippen LogP) is 2.26. The molecule has 5 heteroatoms. The van der Waals surface area contributed by atoms with E-state index in [1.807, 2.05) is 6.07 Å². The number of rotatable bonds is 3. The average Bonchev–Trinajstić information content (AvgIpc) is 2.22. The molecule has 1 N–H and O–H groups in total. The van der Waals surface area contributed by atoms with Gasteiger partial charge in [0.1, 0.15) is 0 Å². The first-order valence-electron chi connectivity index (χ1n) is 4.30. The Morgan fingerprint density at radius 2 is 2.40 bits per heavy atom. The van der Waals surface area contributed by atoms with E-state index < -0.39 is 0 Å². The molecular weight excluding hydrogens is 232 g/mol. The zero-order valence-corrected chi connectivity index (χ0v) is 9.85. The second kappa shape index (κ2) is 5.78. The average molecular weight is 243 g/mol. The van der Waals surface area contributed by atoms with E-state index in [-0.39, 0.29) is 11.7 Å². The molecule has 1 aromatic rings. The normalized spacial score (nSPS) is 10.6. The summed E-state index contributed by atoms with van der Waals surface area (Å²) in [6.45, 7) is 0. The van der Waals surface area contributed by atoms with Gasteiger partial charge < -0.3 is 5.32 Å². The number of hydrogen-bond acceptors (Lipinski definition) is 3. The first-order chi connectivity index (χ1) is 7.17. The van der Waals surface area contributed by atoms with E-state index in [9.17, 15) is 4.79 Å². The highest BCUT2D eigenvalue weighted by molar-refractivity contribution is 7.81. The van der Waals surface area contributed by atoms with Crippen LogP contribution in [0, 0.1) is 0 Å². The summed E-state index contributed by atoms with van der Waals surface area (Å²) >= 11 is 9.82. The molecule has 0 unspecified atom stereocenters. The minimum absolute atomic E-state index is 0.133. The summed E-state index contributed by atoms with van der Waals surface area (Å²) < 4.78 is 0. The van der Waals surface area contributed by atoms with Crippen molar-refractivity contribution in [3.05, 3.63) is 28.8 Å². The van der Waals surface area contributed by atoms with E-state index in [0.717, 1.165) is 5.56 Å². The number of carbonyl (C=O) groups is 1. The Labute approximate surface area is 99.0 Å². The molecule has 1 rings (SSSR count). The fraction of sp³-hybridized carbons (Fsp3) is 0.200. The van der Waals surface area contributed by atoms with Gasteiger partial charge in [0, 0.05) is 13.3 Å². The number of nitrogens with zero attached hydrogens (tertiary/aromatic N) is 1. The second-order valence-corrected chi connectivity index (χ2v) is 3.56. The lowest BCUT2D eigenvalue weighted by atomic mass is 10.2. The third-order valence-corrected chi connectivity index (χ3v) is 2.29. The second-order valence-electron chi connectivity index (χ2n) is 2.83. The Morgan fingerprint density at radius 1 is 1.67 bits per heavy atom. The van der Waals surface area contributed by atoms with Crippen LogP contribution in [0.25, 0.3) is 0 Å². The van der Waals surface area contributed by atoms with Gasteiger partial charge in [-0.05, 0) is 17.7 Å². The van der Waals surface area contributed by atoms with Crippen LogP contribution in [0.4, 0.5) is 5.69 Å². The molecule has 0 atom stereocenters. The lowest BCUT2D eigenvalue weighted by Gasteiger charge is -2.06. The van der Waals surface area contributed by atoms with E-state index in [1.54, 1.807) is 25.4 Å². The molecule has 1 amide bonds. The molecule has 0 aromatic heterocycles. The van der Waals surface area contributed by atoms with Gasteiger partial charge in [-0.1, -0.05) is 17.7 Å². The molecule has 0 heterocycles. The van der Waals surface area contributed by atoms with E-state index in [4.69, 9.17) is 11.6 Å². The molecule has 0 spiro atoms. The Bertz CT molecular complexity index is 393. The van der Waals surface area contributed by atoms with Gasteiger partial charge in [-0.15, -0.1) is 0 Å². The number of hydrogen-bond donors (Lipinski definition) is 2. The van der Waals surface area contributed by atoms with Gasteiger partial charge in [-0.3, -0.25) is 9.79 Å². The van der Waals surface area contributed by atoms with Crippen molar-refractivity contribution >= 4 is 42.0 Å². The van der Waals surface area contributed by atoms with Crippen molar-refractivity contribution in [3.8, 4) is 0 Å². The van der Waals surface area contributed by atoms with Gasteiger partial charge in [0.2, 0.25) is 5.91 Å². The van der Waals surface area contributed by atoms with Crippen LogP contribution in [0.3, 0.4) is 0 Å². The smallest absolute Gasteiger partial charge is 0.234 e. The number of aliphatic imine (C=N–C) groups is 1. The van der Waals surface area contributed by atoms with Crippen LogP contribution in [-0.2, 0) is 4.79 Å². The maximum absolute atomic E-state index is 11.1. The topological polar surface area (TPSA) is 41.5 Å². The quantitative estimate of drug-likeness (QED) is 0.620. The summed E-state index contributed by atoms with van der Waals surface area (Å²) in [6.07, 6.45) is 1.69. The van der Waals surface area contributed by atoms with Crippen LogP contribution < -0.4 is 5.32 Å². The zero-order chi connectivity index (χ0) is 11.3. The van der Waals surface area contributed by atoms with Crippen molar-refractivity contribution in [1.82, 2.24) is 0 Å². The number of halogens is 1. The molecule has 0 radical (unpaired) electrons. The van der Waals surface area contributed by atoms with E-state index in [1.165, 1.54) is 0 Å². The summed E-state index contributed by atoms with van der Waals surface area (Å²) in [7, 11) is 1.69. The highest BCUT2D eigenvalue weighted by atomic mass is 35.5. The molecule has 80 valence electrons. The lowest BCUT2D eigenvalue weighted by molar-refractivity contribution is -0.113. The highest BCUT2D eigenvalue weighted by Crippen LogP contribution is 2.22. The number of amides is 1. The van der Waals surface area contributed by atoms with Crippen LogP contribution in [0.5, 0.6) is 0 Å². The lowest BCUT2D eigenvalue weighted by Crippen LogP contribution is -2.12. The Balaban J connectivity index is 2.88. The highest BCUT2D eigenvalue weighted by Gasteiger charge is 2.04. The van der Waals surface area contributed by atoms with Gasteiger partial charge in [-0.25, -0.2) is 0 Å². The molecule has 0 aliphatic carbocycles. The minimum atomic E-state index is -0.183. The van der Waals surface area contributed by atoms with E-state index in [2.05, 4.69) is 22.9 Å². The van der Waals surface area contributed by atoms with Crippen LogP contribution in [0.15, 0.2) is 23.2 Å². The largest absolute Gasteiger partial charge is 0.324 e. The van der Waals surface area contributed by atoms with Crippen molar-refractivity contribution in [2.24, 2.45) is 4.99 Å². The zero-order valence-electron chi connectivity index (χ0n) is 8.20. The van der Waals surface area contributed by atoms with Crippen LogP contribution in [-0.4, -0.2) is 24.9 Å². The first-order valence-corrected chi connectivity index (χ1v) is 5.31. The number of anilines is 1. The number of carbonyl (C=O) groups excluding carboxylic acids is 1. The Hall–Kier alpha value is -1.00. The van der Waals surface area contributed by atoms with Gasteiger partial charge in [0.15, 0.2) is 0 Å². The van der Waals surface area contributed by atoms with Crippen LogP contribution in [0.1, 0.15) is 5.56 Å². The maximum Gasteiger partial charge on any atom is 0.234 e. The molecule has 3 nitrogen and oxygen atoms in total. The molecule has 0 fully saturated rings. The number of benzene rings is 1. The van der Waals surface area contributed by atoms with Crippen molar-refractivity contribution in [3.63, 3.8) is 0 Å². The molecular formula is C10H11ClN2OS. The summed E-state index contributed by atoms with van der Waals surface area (Å²) in [5.41, 5.74) is 1.48. The standard InChI is InChI=1S/C10H11ClN2OS/c1-12-5-7-2-3-9(8(11)4-7)13-10(14)6-15/h2-5,15H,6H2,1H3,(H,13,14). The Morgan fingerprint density at radius 3 is 2.93 bits per heavy atom. The molecule has 0 saturated heterocycles. The monoisotopic (exact) mass is 242 g/mol. The summed E-state index contributed by atoms with van der Waals surface area (Å²) in [4.78, 5) is 14.9. The summed E-state index contributed by atoms with van der Waals surface area (Å²) in [5, 5.41) is 3.13. The molecule has 0 aliphatic rings. The van der Waals surface area contributed by atoms with Crippen LogP contribution >= 0.6 is 24.2 Å². The number of thiol groups is 1. The first kappa shape index (κ1) is 12.1. The predicted molar refractivity (Wildman–Crippen MR) is 67.5 cm³/mol. The minimum Gasteiger partial charge on any atom is -0.324 e. The van der Waals surface area contributed by atoms with Gasteiger partial charge in [0.25, 0.3) is 0 Å². The molecule has 0 saturated carbocycles. The molecule has 15 heavy (non-hydrogen) atoms. The molecule has 0 aliphatic heterocycles. The third kappa shape index (κ3) is 3.57. The Kier molecular flexibility index (Phi) is 4.65. The van der Waals surface area contributed by atoms with E-state index >= 15 is 0 Å². The van der Waals surface area contributed by atoms with Crippen molar-refractivity contribution in [1.29, 1.82) is 0 Å². The van der Waals surface area contributed by atoms with Gasteiger partial charge >= 0.3 is 0 Å². The van der Waals surface area contributed by atoms with Crippen molar-refractivity contribution in [2.45, 2.75) is 0 Å². The van der Waals surface area contributed by atoms with Crippen molar-refractivity contribution in [2.75, 3.05) is 18.1 Å². The van der Waals surface area contributed by atoms with E-state index in [0.29, 0.717) is 10.7 Å². The third-order valence-electron chi connectivity index (χ3n) is 1.69. The van der Waals surface area contributed by atoms with Crippen LogP contribution in [0.2, 0.25) is 5.02 Å². The fourth-order valence-corrected chi connectivity index (χ4v) is 1.37. The van der Waals surface area contributed by atoms with Crippen molar-refractivity contribution < 1.29 is 4.79 Å². The fourth-order valence-electron chi connectivity index (χ4n) is 1.05. The van der Waals surface area contributed by atoms with Gasteiger partial charge in [-0.2, -0.15) is 12.6 Å².